The van der Waals surface area contributed by atoms with E-state index in [2.05, 4.69) is 28.8 Å². The highest BCUT2D eigenvalue weighted by atomic mass is 16.5. The molecule has 1 aliphatic rings. The molecule has 0 bridgehead atoms. The molecule has 4 heteroatoms. The van der Waals surface area contributed by atoms with Gasteiger partial charge in [-0.1, -0.05) is 0 Å². The molecule has 1 saturated heterocycles. The lowest BCUT2D eigenvalue weighted by Crippen LogP contribution is -2.54. The Hall–Kier alpha value is -0.610. The number of ether oxygens (including phenoxy) is 1. The summed E-state index contributed by atoms with van der Waals surface area (Å²) in [5, 5.41) is 3.45. The third-order valence-corrected chi connectivity index (χ3v) is 2.49. The van der Waals surface area contributed by atoms with E-state index in [-0.39, 0.29) is 5.97 Å². The smallest absolute Gasteiger partial charge is 0.306 e. The van der Waals surface area contributed by atoms with Gasteiger partial charge in [0.2, 0.25) is 0 Å². The summed E-state index contributed by atoms with van der Waals surface area (Å²) in [6.45, 7) is 7.17. The van der Waals surface area contributed by atoms with Gasteiger partial charge in [0.15, 0.2) is 0 Å². The molecule has 0 spiro atoms. The fourth-order valence-corrected chi connectivity index (χ4v) is 1.97. The quantitative estimate of drug-likeness (QED) is 0.662. The van der Waals surface area contributed by atoms with Crippen LogP contribution in [0.1, 0.15) is 20.3 Å². The highest BCUT2D eigenvalue weighted by Gasteiger charge is 2.20. The summed E-state index contributed by atoms with van der Waals surface area (Å²) in [5.41, 5.74) is 0. The summed E-state index contributed by atoms with van der Waals surface area (Å²) in [4.78, 5) is 13.3. The van der Waals surface area contributed by atoms with Gasteiger partial charge in [-0.15, -0.1) is 0 Å². The molecule has 2 unspecified atom stereocenters. The Bertz CT molecular complexity index is 187. The number of methoxy groups -OCH3 is 1. The highest BCUT2D eigenvalue weighted by molar-refractivity contribution is 5.69. The first-order valence-electron chi connectivity index (χ1n) is 5.17. The summed E-state index contributed by atoms with van der Waals surface area (Å²) >= 11 is 0. The van der Waals surface area contributed by atoms with Crippen LogP contribution in [0.15, 0.2) is 0 Å². The standard InChI is InChI=1S/C10H20N2O2/c1-8-6-12(7-9(2)11-8)5-4-10(13)14-3/h8-9,11H,4-7H2,1-3H3. The van der Waals surface area contributed by atoms with Crippen molar-refractivity contribution in [2.75, 3.05) is 26.7 Å². The topological polar surface area (TPSA) is 41.6 Å². The van der Waals surface area contributed by atoms with Crippen molar-refractivity contribution in [3.8, 4) is 0 Å². The molecule has 0 saturated carbocycles. The summed E-state index contributed by atoms with van der Waals surface area (Å²) in [6, 6.07) is 1.02. The molecular formula is C10H20N2O2. The van der Waals surface area contributed by atoms with Gasteiger partial charge in [0.1, 0.15) is 0 Å². The zero-order valence-electron chi connectivity index (χ0n) is 9.25. The zero-order valence-corrected chi connectivity index (χ0v) is 9.25. The van der Waals surface area contributed by atoms with Gasteiger partial charge in [-0.05, 0) is 13.8 Å². The minimum absolute atomic E-state index is 0.121. The van der Waals surface area contributed by atoms with Crippen LogP contribution in [0.4, 0.5) is 0 Å². The number of hydrogen-bond donors (Lipinski definition) is 1. The molecule has 1 aliphatic heterocycles. The molecule has 0 aromatic rings. The van der Waals surface area contributed by atoms with Gasteiger partial charge in [-0.2, -0.15) is 0 Å². The maximum absolute atomic E-state index is 11.0. The molecule has 1 N–H and O–H groups in total. The summed E-state index contributed by atoms with van der Waals surface area (Å²) in [5.74, 6) is -0.121. The number of esters is 1. The second-order valence-corrected chi connectivity index (χ2v) is 4.05. The number of hydrogen-bond acceptors (Lipinski definition) is 4. The van der Waals surface area contributed by atoms with Crippen molar-refractivity contribution in [1.29, 1.82) is 0 Å². The number of nitrogens with zero attached hydrogens (tertiary/aromatic N) is 1. The number of nitrogens with one attached hydrogen (secondary N) is 1. The summed E-state index contributed by atoms with van der Waals surface area (Å²) in [7, 11) is 1.44. The minimum Gasteiger partial charge on any atom is -0.469 e. The van der Waals surface area contributed by atoms with Crippen molar-refractivity contribution in [3.63, 3.8) is 0 Å². The predicted octanol–water partition coefficient (Wildman–Crippen LogP) is 0.232. The normalized spacial score (nSPS) is 28.8. The Morgan fingerprint density at radius 3 is 2.50 bits per heavy atom. The molecule has 14 heavy (non-hydrogen) atoms. The molecule has 1 rings (SSSR count). The van der Waals surface area contributed by atoms with Gasteiger partial charge in [0.05, 0.1) is 13.5 Å². The number of carbonyl (C=O) groups is 1. The highest BCUT2D eigenvalue weighted by Crippen LogP contribution is 2.04. The van der Waals surface area contributed by atoms with Gasteiger partial charge in [-0.3, -0.25) is 9.69 Å². The first-order valence-corrected chi connectivity index (χ1v) is 5.17. The molecule has 82 valence electrons. The van der Waals surface area contributed by atoms with E-state index >= 15 is 0 Å². The fourth-order valence-electron chi connectivity index (χ4n) is 1.97. The molecule has 1 fully saturated rings. The van der Waals surface area contributed by atoms with E-state index in [0.29, 0.717) is 18.5 Å². The Kier molecular flexibility index (Phi) is 4.35. The van der Waals surface area contributed by atoms with E-state index in [1.54, 1.807) is 0 Å². The van der Waals surface area contributed by atoms with E-state index in [0.717, 1.165) is 19.6 Å². The monoisotopic (exact) mass is 200 g/mol. The van der Waals surface area contributed by atoms with Crippen molar-refractivity contribution in [2.45, 2.75) is 32.4 Å². The van der Waals surface area contributed by atoms with Crippen LogP contribution >= 0.6 is 0 Å². The van der Waals surface area contributed by atoms with Crippen molar-refractivity contribution in [1.82, 2.24) is 10.2 Å². The van der Waals surface area contributed by atoms with Crippen molar-refractivity contribution in [3.05, 3.63) is 0 Å². The average molecular weight is 200 g/mol. The van der Waals surface area contributed by atoms with E-state index in [4.69, 9.17) is 0 Å². The minimum atomic E-state index is -0.121. The first-order chi connectivity index (χ1) is 6.61. The molecule has 0 radical (unpaired) electrons. The van der Waals surface area contributed by atoms with Crippen LogP contribution in [0.25, 0.3) is 0 Å². The Morgan fingerprint density at radius 2 is 2.00 bits per heavy atom. The maximum atomic E-state index is 11.0. The average Bonchev–Trinajstić information content (AvgIpc) is 2.12. The molecule has 0 aromatic heterocycles. The second kappa shape index (κ2) is 5.32. The molecule has 0 aromatic carbocycles. The molecule has 2 atom stereocenters. The van der Waals surface area contributed by atoms with E-state index in [9.17, 15) is 4.79 Å². The summed E-state index contributed by atoms with van der Waals surface area (Å²) < 4.78 is 4.61. The maximum Gasteiger partial charge on any atom is 0.306 e. The SMILES string of the molecule is COC(=O)CCN1CC(C)NC(C)C1. The number of piperazine rings is 1. The van der Waals surface area contributed by atoms with E-state index in [1.165, 1.54) is 7.11 Å². The van der Waals surface area contributed by atoms with Crippen molar-refractivity contribution < 1.29 is 9.53 Å². The first kappa shape index (κ1) is 11.5. The van der Waals surface area contributed by atoms with Gasteiger partial charge < -0.3 is 10.1 Å². The van der Waals surface area contributed by atoms with Crippen LogP contribution in [0, 0.1) is 0 Å². The van der Waals surface area contributed by atoms with E-state index < -0.39 is 0 Å². The Labute approximate surface area is 85.6 Å². The third-order valence-electron chi connectivity index (χ3n) is 2.49. The van der Waals surface area contributed by atoms with Gasteiger partial charge in [0.25, 0.3) is 0 Å². The fraction of sp³-hybridized carbons (Fsp3) is 0.900. The lowest BCUT2D eigenvalue weighted by atomic mass is 10.1. The molecular weight excluding hydrogens is 180 g/mol. The van der Waals surface area contributed by atoms with Crippen LogP contribution < -0.4 is 5.32 Å². The van der Waals surface area contributed by atoms with Gasteiger partial charge >= 0.3 is 5.97 Å². The molecule has 0 amide bonds. The van der Waals surface area contributed by atoms with E-state index in [1.807, 2.05) is 0 Å². The zero-order chi connectivity index (χ0) is 10.6. The molecule has 1 heterocycles. The molecule has 0 aliphatic carbocycles. The Balaban J connectivity index is 2.26. The largest absolute Gasteiger partial charge is 0.469 e. The lowest BCUT2D eigenvalue weighted by molar-refractivity contribution is -0.141. The van der Waals surface area contributed by atoms with Crippen LogP contribution in [-0.4, -0.2) is 49.7 Å². The van der Waals surface area contributed by atoms with Crippen LogP contribution in [0.3, 0.4) is 0 Å². The van der Waals surface area contributed by atoms with Crippen LogP contribution in [-0.2, 0) is 9.53 Å². The Morgan fingerprint density at radius 1 is 1.43 bits per heavy atom. The molecule has 4 nitrogen and oxygen atoms in total. The van der Waals surface area contributed by atoms with Crippen LogP contribution in [0.5, 0.6) is 0 Å². The number of carbonyl (C=O) groups excluding carboxylic acids is 1. The van der Waals surface area contributed by atoms with Gasteiger partial charge in [0, 0.05) is 31.7 Å². The van der Waals surface area contributed by atoms with Crippen molar-refractivity contribution in [2.24, 2.45) is 0 Å². The summed E-state index contributed by atoms with van der Waals surface area (Å²) in [6.07, 6.45) is 0.496. The predicted molar refractivity (Wildman–Crippen MR) is 55.1 cm³/mol. The second-order valence-electron chi connectivity index (χ2n) is 4.05. The van der Waals surface area contributed by atoms with Gasteiger partial charge in [-0.25, -0.2) is 0 Å². The third kappa shape index (κ3) is 3.64. The van der Waals surface area contributed by atoms with Crippen LogP contribution in [0.2, 0.25) is 0 Å². The number of rotatable bonds is 3. The lowest BCUT2D eigenvalue weighted by Gasteiger charge is -2.35. The van der Waals surface area contributed by atoms with Crippen molar-refractivity contribution >= 4 is 5.97 Å².